The number of hydrogen-bond acceptors (Lipinski definition) is 2. The van der Waals surface area contributed by atoms with Crippen LogP contribution >= 0.6 is 0 Å². The number of nitrogens with zero attached hydrogens (tertiary/aromatic N) is 2. The van der Waals surface area contributed by atoms with Crippen molar-refractivity contribution < 1.29 is 13.9 Å². The van der Waals surface area contributed by atoms with E-state index in [2.05, 4.69) is 5.10 Å². The van der Waals surface area contributed by atoms with E-state index in [1.165, 1.54) is 10.9 Å². The average molecular weight is 204 g/mol. The summed E-state index contributed by atoms with van der Waals surface area (Å²) in [4.78, 5) is 0. The first-order chi connectivity index (χ1) is 6.56. The molecule has 0 atom stereocenters. The van der Waals surface area contributed by atoms with Gasteiger partial charge >= 0.3 is 0 Å². The lowest BCUT2D eigenvalue weighted by Gasteiger charge is -2.10. The van der Waals surface area contributed by atoms with Gasteiger partial charge in [0.25, 0.3) is 6.43 Å². The van der Waals surface area contributed by atoms with Crippen molar-refractivity contribution in [3.8, 4) is 0 Å². The van der Waals surface area contributed by atoms with Crippen molar-refractivity contribution in [1.29, 1.82) is 0 Å². The van der Waals surface area contributed by atoms with Crippen molar-refractivity contribution >= 4 is 0 Å². The van der Waals surface area contributed by atoms with Crippen molar-refractivity contribution in [3.63, 3.8) is 0 Å². The van der Waals surface area contributed by atoms with E-state index in [4.69, 9.17) is 5.11 Å². The Morgan fingerprint density at radius 3 is 2.57 bits per heavy atom. The molecule has 3 nitrogen and oxygen atoms in total. The molecule has 14 heavy (non-hydrogen) atoms. The number of aliphatic hydroxyl groups is 1. The summed E-state index contributed by atoms with van der Waals surface area (Å²) in [5.41, 5.74) is 0.0434. The molecule has 0 bridgehead atoms. The van der Waals surface area contributed by atoms with E-state index in [0.29, 0.717) is 6.54 Å². The van der Waals surface area contributed by atoms with E-state index in [-0.39, 0.29) is 17.2 Å². The predicted octanol–water partition coefficient (Wildman–Crippen LogP) is 1.97. The van der Waals surface area contributed by atoms with Crippen molar-refractivity contribution in [3.05, 3.63) is 17.5 Å². The van der Waals surface area contributed by atoms with Crippen LogP contribution in [0.5, 0.6) is 0 Å². The van der Waals surface area contributed by atoms with Gasteiger partial charge in [-0.3, -0.25) is 4.68 Å². The van der Waals surface area contributed by atoms with E-state index in [1.54, 1.807) is 0 Å². The Balaban J connectivity index is 2.98. The van der Waals surface area contributed by atoms with Crippen LogP contribution in [0.15, 0.2) is 6.20 Å². The van der Waals surface area contributed by atoms with Crippen molar-refractivity contribution in [2.75, 3.05) is 0 Å². The molecule has 0 aromatic carbocycles. The van der Waals surface area contributed by atoms with E-state index >= 15 is 0 Å². The molecular formula is C9H14F2N2O. The molecule has 80 valence electrons. The first-order valence-electron chi connectivity index (χ1n) is 4.49. The van der Waals surface area contributed by atoms with Gasteiger partial charge in [0.1, 0.15) is 5.69 Å². The predicted molar refractivity (Wildman–Crippen MR) is 47.9 cm³/mol. The monoisotopic (exact) mass is 204 g/mol. The van der Waals surface area contributed by atoms with Crippen LogP contribution in [0.3, 0.4) is 0 Å². The van der Waals surface area contributed by atoms with Crippen LogP contribution in [0.4, 0.5) is 8.78 Å². The summed E-state index contributed by atoms with van der Waals surface area (Å²) in [7, 11) is 0. The maximum atomic E-state index is 12.6. The van der Waals surface area contributed by atoms with Gasteiger partial charge in [0, 0.05) is 12.1 Å². The molecule has 0 fully saturated rings. The fourth-order valence-corrected chi connectivity index (χ4v) is 1.30. The number of alkyl halides is 2. The molecule has 0 aliphatic heterocycles. The van der Waals surface area contributed by atoms with Gasteiger partial charge in [0.05, 0.1) is 12.8 Å². The first kappa shape index (κ1) is 11.1. The highest BCUT2D eigenvalue weighted by atomic mass is 19.3. The number of halogens is 2. The minimum Gasteiger partial charge on any atom is -0.392 e. The molecule has 0 amide bonds. The van der Waals surface area contributed by atoms with Crippen molar-refractivity contribution in [2.45, 2.75) is 33.4 Å². The van der Waals surface area contributed by atoms with Gasteiger partial charge in [0.15, 0.2) is 0 Å². The zero-order valence-corrected chi connectivity index (χ0v) is 8.24. The third-order valence-electron chi connectivity index (χ3n) is 1.88. The Bertz CT molecular complexity index is 297. The smallest absolute Gasteiger partial charge is 0.280 e. The van der Waals surface area contributed by atoms with Crippen LogP contribution in [0.1, 0.15) is 31.5 Å². The first-order valence-corrected chi connectivity index (χ1v) is 4.49. The third kappa shape index (κ3) is 2.29. The van der Waals surface area contributed by atoms with E-state index in [1.807, 2.05) is 13.8 Å². The maximum absolute atomic E-state index is 12.6. The maximum Gasteiger partial charge on any atom is 0.280 e. The molecule has 0 unspecified atom stereocenters. The largest absolute Gasteiger partial charge is 0.392 e. The lowest BCUT2D eigenvalue weighted by molar-refractivity contribution is 0.133. The summed E-state index contributed by atoms with van der Waals surface area (Å²) in [6, 6.07) is 0. The zero-order chi connectivity index (χ0) is 10.7. The molecule has 1 aromatic rings. The van der Waals surface area contributed by atoms with Gasteiger partial charge in [-0.1, -0.05) is 13.8 Å². The molecule has 0 aliphatic rings. The van der Waals surface area contributed by atoms with Crippen molar-refractivity contribution in [2.24, 2.45) is 5.92 Å². The lowest BCUT2D eigenvalue weighted by atomic mass is 10.2. The molecule has 1 rings (SSSR count). The second-order valence-electron chi connectivity index (χ2n) is 3.59. The van der Waals surface area contributed by atoms with Gasteiger partial charge in [-0.25, -0.2) is 8.78 Å². The number of aliphatic hydroxyl groups excluding tert-OH is 1. The molecule has 1 N–H and O–H groups in total. The topological polar surface area (TPSA) is 38.0 Å². The summed E-state index contributed by atoms with van der Waals surface area (Å²) >= 11 is 0. The molecule has 0 saturated carbocycles. The normalized spacial score (nSPS) is 11.6. The molecular weight excluding hydrogens is 190 g/mol. The van der Waals surface area contributed by atoms with Crippen LogP contribution in [-0.2, 0) is 13.2 Å². The molecule has 1 heterocycles. The summed E-state index contributed by atoms with van der Waals surface area (Å²) in [6.45, 7) is 3.91. The zero-order valence-electron chi connectivity index (χ0n) is 8.24. The minimum atomic E-state index is -2.58. The Morgan fingerprint density at radius 2 is 2.14 bits per heavy atom. The lowest BCUT2D eigenvalue weighted by Crippen LogP contribution is -2.10. The Labute approximate surface area is 81.4 Å². The molecule has 0 saturated heterocycles. The number of rotatable bonds is 4. The highest BCUT2D eigenvalue weighted by molar-refractivity contribution is 5.17. The van der Waals surface area contributed by atoms with Crippen LogP contribution in [0.25, 0.3) is 0 Å². The second-order valence-corrected chi connectivity index (χ2v) is 3.59. The number of hydrogen-bond donors (Lipinski definition) is 1. The molecule has 5 heteroatoms. The Morgan fingerprint density at radius 1 is 1.50 bits per heavy atom. The molecule has 0 spiro atoms. The SMILES string of the molecule is CC(C)Cn1ncc(CO)c1C(F)F. The van der Waals surface area contributed by atoms with Crippen LogP contribution in [0, 0.1) is 5.92 Å². The fourth-order valence-electron chi connectivity index (χ4n) is 1.30. The average Bonchev–Trinajstić information content (AvgIpc) is 2.46. The van der Waals surface area contributed by atoms with Gasteiger partial charge in [0.2, 0.25) is 0 Å². The van der Waals surface area contributed by atoms with Gasteiger partial charge in [-0.15, -0.1) is 0 Å². The van der Waals surface area contributed by atoms with Crippen LogP contribution in [-0.4, -0.2) is 14.9 Å². The van der Waals surface area contributed by atoms with E-state index < -0.39 is 13.0 Å². The highest BCUT2D eigenvalue weighted by Crippen LogP contribution is 2.23. The summed E-state index contributed by atoms with van der Waals surface area (Å²) in [5, 5.41) is 12.7. The summed E-state index contributed by atoms with van der Waals surface area (Å²) < 4.78 is 26.4. The van der Waals surface area contributed by atoms with Crippen LogP contribution < -0.4 is 0 Å². The molecule has 1 aromatic heterocycles. The van der Waals surface area contributed by atoms with Gasteiger partial charge in [-0.05, 0) is 5.92 Å². The third-order valence-corrected chi connectivity index (χ3v) is 1.88. The van der Waals surface area contributed by atoms with Gasteiger partial charge in [-0.2, -0.15) is 5.10 Å². The van der Waals surface area contributed by atoms with E-state index in [9.17, 15) is 8.78 Å². The Hall–Kier alpha value is -0.970. The quantitative estimate of drug-likeness (QED) is 0.814. The molecule has 0 aliphatic carbocycles. The highest BCUT2D eigenvalue weighted by Gasteiger charge is 2.19. The second kappa shape index (κ2) is 4.50. The summed E-state index contributed by atoms with van der Waals surface area (Å²) in [5.74, 6) is 0.249. The Kier molecular flexibility index (Phi) is 3.57. The number of aromatic nitrogens is 2. The van der Waals surface area contributed by atoms with Gasteiger partial charge < -0.3 is 5.11 Å². The minimum absolute atomic E-state index is 0.166. The standard InChI is InChI=1S/C9H14F2N2O/c1-6(2)4-13-8(9(10)11)7(5-14)3-12-13/h3,6,9,14H,4-5H2,1-2H3. The van der Waals surface area contributed by atoms with E-state index in [0.717, 1.165) is 0 Å². The molecule has 0 radical (unpaired) electrons. The summed E-state index contributed by atoms with van der Waals surface area (Å²) in [6.07, 6.45) is -1.29. The fraction of sp³-hybridized carbons (Fsp3) is 0.667. The van der Waals surface area contributed by atoms with Crippen molar-refractivity contribution in [1.82, 2.24) is 9.78 Å². The van der Waals surface area contributed by atoms with Crippen LogP contribution in [0.2, 0.25) is 0 Å².